The molecule has 1 fully saturated rings. The molecular weight excluding hydrogens is 284 g/mol. The van der Waals surface area contributed by atoms with Crippen LogP contribution in [0.5, 0.6) is 0 Å². The van der Waals surface area contributed by atoms with Crippen molar-refractivity contribution in [2.45, 2.75) is 26.4 Å². The van der Waals surface area contributed by atoms with Gasteiger partial charge in [0.15, 0.2) is 0 Å². The summed E-state index contributed by atoms with van der Waals surface area (Å²) in [5.41, 5.74) is 3.92. The van der Waals surface area contributed by atoms with Gasteiger partial charge < -0.3 is 9.80 Å². The van der Waals surface area contributed by atoms with Crippen molar-refractivity contribution in [2.75, 3.05) is 33.7 Å². The fraction of sp³-hybridized carbons (Fsp3) is 0.526. The fourth-order valence-electron chi connectivity index (χ4n) is 3.53. The molecule has 1 atom stereocenters. The van der Waals surface area contributed by atoms with E-state index < -0.39 is 0 Å². The Kier molecular flexibility index (Phi) is 5.13. The van der Waals surface area contributed by atoms with Gasteiger partial charge in [-0.05, 0) is 45.5 Å². The van der Waals surface area contributed by atoms with E-state index in [1.54, 1.807) is 0 Å². The molecule has 1 aliphatic heterocycles. The summed E-state index contributed by atoms with van der Waals surface area (Å²) in [7, 11) is 4.45. The van der Waals surface area contributed by atoms with Crippen LogP contribution in [0, 0.1) is 12.8 Å². The quantitative estimate of drug-likeness (QED) is 0.819. The van der Waals surface area contributed by atoms with Crippen LogP contribution >= 0.6 is 0 Å². The Morgan fingerprint density at radius 2 is 2.04 bits per heavy atom. The van der Waals surface area contributed by atoms with Gasteiger partial charge in [-0.3, -0.25) is 4.68 Å². The molecule has 1 aliphatic rings. The summed E-state index contributed by atoms with van der Waals surface area (Å²) in [6, 6.07) is 10.5. The number of rotatable bonds is 6. The first-order chi connectivity index (χ1) is 11.1. The van der Waals surface area contributed by atoms with Crippen LogP contribution in [0.15, 0.2) is 36.5 Å². The van der Waals surface area contributed by atoms with Gasteiger partial charge in [-0.2, -0.15) is 5.10 Å². The minimum atomic E-state index is 0.810. The lowest BCUT2D eigenvalue weighted by Crippen LogP contribution is -2.27. The summed E-state index contributed by atoms with van der Waals surface area (Å²) in [4.78, 5) is 4.88. The molecule has 0 saturated carbocycles. The van der Waals surface area contributed by atoms with Crippen LogP contribution in [0.2, 0.25) is 0 Å². The zero-order chi connectivity index (χ0) is 16.2. The van der Waals surface area contributed by atoms with E-state index in [9.17, 15) is 0 Å². The number of hydrogen-bond donors (Lipinski definition) is 0. The maximum absolute atomic E-state index is 4.59. The molecule has 1 aromatic heterocycles. The molecule has 0 aliphatic carbocycles. The average Bonchev–Trinajstić information content (AvgIpc) is 3.08. The summed E-state index contributed by atoms with van der Waals surface area (Å²) in [6.07, 6.45) is 3.36. The van der Waals surface area contributed by atoms with Gasteiger partial charge in [-0.1, -0.05) is 30.3 Å². The molecule has 4 heteroatoms. The van der Waals surface area contributed by atoms with Crippen LogP contribution in [0.4, 0.5) is 0 Å². The zero-order valence-electron chi connectivity index (χ0n) is 14.6. The molecule has 0 N–H and O–H groups in total. The molecule has 124 valence electrons. The first kappa shape index (κ1) is 16.2. The lowest BCUT2D eigenvalue weighted by Gasteiger charge is -2.20. The Balaban J connectivity index is 1.58. The van der Waals surface area contributed by atoms with Gasteiger partial charge in [0.25, 0.3) is 0 Å². The molecule has 1 unspecified atom stereocenters. The lowest BCUT2D eigenvalue weighted by atomic mass is 10.1. The molecule has 1 saturated heterocycles. The second kappa shape index (κ2) is 7.28. The van der Waals surface area contributed by atoms with Crippen molar-refractivity contribution in [3.8, 4) is 0 Å². The molecule has 0 radical (unpaired) electrons. The lowest BCUT2D eigenvalue weighted by molar-refractivity contribution is 0.266. The van der Waals surface area contributed by atoms with Gasteiger partial charge in [0.05, 0.1) is 12.7 Å². The third-order valence-electron chi connectivity index (χ3n) is 4.88. The van der Waals surface area contributed by atoms with E-state index in [0.29, 0.717) is 0 Å². The van der Waals surface area contributed by atoms with E-state index in [1.807, 2.05) is 6.20 Å². The van der Waals surface area contributed by atoms with E-state index in [1.165, 1.54) is 42.9 Å². The van der Waals surface area contributed by atoms with Crippen LogP contribution in [-0.2, 0) is 13.1 Å². The largest absolute Gasteiger partial charge is 0.306 e. The monoisotopic (exact) mass is 312 g/mol. The number of benzene rings is 1. The Morgan fingerprint density at radius 3 is 2.74 bits per heavy atom. The zero-order valence-corrected chi connectivity index (χ0v) is 14.6. The number of aromatic nitrogens is 2. The van der Waals surface area contributed by atoms with E-state index in [0.717, 1.165) is 19.0 Å². The van der Waals surface area contributed by atoms with E-state index in [-0.39, 0.29) is 0 Å². The smallest absolute Gasteiger partial charge is 0.0662 e. The average molecular weight is 312 g/mol. The highest BCUT2D eigenvalue weighted by molar-refractivity contribution is 5.20. The SMILES string of the molecule is Cc1c(CN(C)CC2CCN(C)C2)cnn1Cc1ccccc1. The molecule has 23 heavy (non-hydrogen) atoms. The van der Waals surface area contributed by atoms with Crippen LogP contribution in [0.3, 0.4) is 0 Å². The van der Waals surface area contributed by atoms with Crippen molar-refractivity contribution in [1.82, 2.24) is 19.6 Å². The highest BCUT2D eigenvalue weighted by atomic mass is 15.3. The van der Waals surface area contributed by atoms with E-state index in [2.05, 4.69) is 70.9 Å². The van der Waals surface area contributed by atoms with Crippen LogP contribution in [0.1, 0.15) is 23.2 Å². The van der Waals surface area contributed by atoms with Crippen molar-refractivity contribution in [3.63, 3.8) is 0 Å². The van der Waals surface area contributed by atoms with Crippen molar-refractivity contribution in [3.05, 3.63) is 53.3 Å². The molecule has 1 aromatic carbocycles. The minimum absolute atomic E-state index is 0.810. The topological polar surface area (TPSA) is 24.3 Å². The van der Waals surface area contributed by atoms with Crippen molar-refractivity contribution >= 4 is 0 Å². The Morgan fingerprint density at radius 1 is 1.26 bits per heavy atom. The maximum atomic E-state index is 4.59. The van der Waals surface area contributed by atoms with Crippen LogP contribution in [0.25, 0.3) is 0 Å². The molecular formula is C19H28N4. The van der Waals surface area contributed by atoms with Gasteiger partial charge in [0.2, 0.25) is 0 Å². The number of hydrogen-bond acceptors (Lipinski definition) is 3. The van der Waals surface area contributed by atoms with E-state index in [4.69, 9.17) is 0 Å². The number of nitrogens with zero attached hydrogens (tertiary/aromatic N) is 4. The molecule has 2 heterocycles. The maximum Gasteiger partial charge on any atom is 0.0662 e. The third kappa shape index (κ3) is 4.21. The Bertz CT molecular complexity index is 620. The summed E-state index contributed by atoms with van der Waals surface area (Å²) in [5.74, 6) is 0.810. The van der Waals surface area contributed by atoms with Gasteiger partial charge in [0, 0.05) is 30.9 Å². The standard InChI is InChI=1S/C19H28N4/c1-16-19(15-22(3)13-18-9-10-21(2)12-18)11-20-23(16)14-17-7-5-4-6-8-17/h4-8,11,18H,9-10,12-15H2,1-3H3. The molecule has 4 nitrogen and oxygen atoms in total. The van der Waals surface area contributed by atoms with Crippen LogP contribution < -0.4 is 0 Å². The summed E-state index contributed by atoms with van der Waals surface area (Å²) in [6.45, 7) is 7.67. The van der Waals surface area contributed by atoms with Gasteiger partial charge >= 0.3 is 0 Å². The highest BCUT2D eigenvalue weighted by Crippen LogP contribution is 2.17. The summed E-state index contributed by atoms with van der Waals surface area (Å²) < 4.78 is 2.11. The predicted octanol–water partition coefficient (Wildman–Crippen LogP) is 2.62. The molecule has 0 bridgehead atoms. The second-order valence-corrected chi connectivity index (χ2v) is 7.01. The second-order valence-electron chi connectivity index (χ2n) is 7.01. The van der Waals surface area contributed by atoms with Gasteiger partial charge in [-0.15, -0.1) is 0 Å². The highest BCUT2D eigenvalue weighted by Gasteiger charge is 2.21. The fourth-order valence-corrected chi connectivity index (χ4v) is 3.53. The third-order valence-corrected chi connectivity index (χ3v) is 4.88. The van der Waals surface area contributed by atoms with Gasteiger partial charge in [-0.25, -0.2) is 0 Å². The van der Waals surface area contributed by atoms with Crippen LogP contribution in [-0.4, -0.2) is 53.3 Å². The molecule has 0 spiro atoms. The molecule has 0 amide bonds. The number of likely N-dealkylation sites (tertiary alicyclic amines) is 1. The van der Waals surface area contributed by atoms with Crippen molar-refractivity contribution in [1.29, 1.82) is 0 Å². The minimum Gasteiger partial charge on any atom is -0.306 e. The predicted molar refractivity (Wildman–Crippen MR) is 94.4 cm³/mol. The normalized spacial score (nSPS) is 18.9. The van der Waals surface area contributed by atoms with E-state index >= 15 is 0 Å². The van der Waals surface area contributed by atoms with Gasteiger partial charge in [0.1, 0.15) is 0 Å². The summed E-state index contributed by atoms with van der Waals surface area (Å²) >= 11 is 0. The first-order valence-corrected chi connectivity index (χ1v) is 8.54. The Labute approximate surface area is 139 Å². The molecule has 2 aromatic rings. The van der Waals surface area contributed by atoms with Crippen molar-refractivity contribution in [2.24, 2.45) is 5.92 Å². The molecule has 3 rings (SSSR count). The summed E-state index contributed by atoms with van der Waals surface area (Å²) in [5, 5.41) is 4.59. The first-order valence-electron chi connectivity index (χ1n) is 8.54. The van der Waals surface area contributed by atoms with Crippen molar-refractivity contribution < 1.29 is 0 Å². The Hall–Kier alpha value is -1.65.